The molecule has 2 aromatic carbocycles. The van der Waals surface area contributed by atoms with Crippen molar-refractivity contribution in [2.24, 2.45) is 7.05 Å². The van der Waals surface area contributed by atoms with Crippen LogP contribution in [0.4, 0.5) is 0 Å². The second kappa shape index (κ2) is 7.37. The van der Waals surface area contributed by atoms with Gasteiger partial charge in [0.2, 0.25) is 0 Å². The Morgan fingerprint density at radius 1 is 1.08 bits per heavy atom. The van der Waals surface area contributed by atoms with E-state index in [-0.39, 0.29) is 5.69 Å². The molecular formula is C19H22N4O2S. The quantitative estimate of drug-likeness (QED) is 0.646. The topological polar surface area (TPSA) is 61.9 Å². The smallest absolute Gasteiger partial charge is 0.368 e. The van der Waals surface area contributed by atoms with E-state index in [0.717, 1.165) is 21.8 Å². The van der Waals surface area contributed by atoms with E-state index in [0.29, 0.717) is 12.3 Å². The van der Waals surface area contributed by atoms with Crippen LogP contribution in [0.3, 0.4) is 0 Å². The van der Waals surface area contributed by atoms with Crippen molar-refractivity contribution < 1.29 is 4.74 Å². The summed E-state index contributed by atoms with van der Waals surface area (Å²) in [5.41, 5.74) is 4.84. The van der Waals surface area contributed by atoms with E-state index in [1.807, 2.05) is 31.4 Å². The molecule has 0 unspecified atom stereocenters. The highest BCUT2D eigenvalue weighted by Gasteiger charge is 2.15. The van der Waals surface area contributed by atoms with Crippen molar-refractivity contribution in [2.75, 3.05) is 6.26 Å². The summed E-state index contributed by atoms with van der Waals surface area (Å²) in [5.74, 6) is 0.849. The molecule has 0 fully saturated rings. The first-order valence-electron chi connectivity index (χ1n) is 8.28. The van der Waals surface area contributed by atoms with E-state index in [1.165, 1.54) is 20.5 Å². The average molecular weight is 370 g/mol. The first-order chi connectivity index (χ1) is 12.4. The molecule has 3 rings (SSSR count). The van der Waals surface area contributed by atoms with Gasteiger partial charge in [-0.25, -0.2) is 4.79 Å². The zero-order chi connectivity index (χ0) is 18.8. The van der Waals surface area contributed by atoms with E-state index in [2.05, 4.69) is 36.4 Å². The summed E-state index contributed by atoms with van der Waals surface area (Å²) < 4.78 is 8.65. The molecule has 1 aromatic heterocycles. The third-order valence-electron chi connectivity index (χ3n) is 4.44. The minimum Gasteiger partial charge on any atom is -0.489 e. The lowest BCUT2D eigenvalue weighted by Gasteiger charge is -2.16. The summed E-state index contributed by atoms with van der Waals surface area (Å²) in [7, 11) is 1.58. The first kappa shape index (κ1) is 18.3. The molecule has 0 saturated heterocycles. The standard InChI is InChI=1S/C19H22N4O2S/c1-12-9-14(3)17(10-13(12)2)25-11-15-16(7-6-8-18(15)26-5)23-19(24)22(4)20-21-23/h6-10H,11H2,1-5H3. The van der Waals surface area contributed by atoms with E-state index >= 15 is 0 Å². The number of rotatable bonds is 5. The van der Waals surface area contributed by atoms with Gasteiger partial charge in [-0.05, 0) is 72.3 Å². The molecule has 0 atom stereocenters. The molecule has 0 aliphatic carbocycles. The molecule has 7 heteroatoms. The summed E-state index contributed by atoms with van der Waals surface area (Å²) in [4.78, 5) is 13.3. The molecule has 0 amide bonds. The Morgan fingerprint density at radius 2 is 1.81 bits per heavy atom. The zero-order valence-electron chi connectivity index (χ0n) is 15.6. The zero-order valence-corrected chi connectivity index (χ0v) is 16.4. The van der Waals surface area contributed by atoms with Crippen molar-refractivity contribution in [3.8, 4) is 11.4 Å². The van der Waals surface area contributed by atoms with Gasteiger partial charge in [0.05, 0.1) is 5.69 Å². The fourth-order valence-corrected chi connectivity index (χ4v) is 3.42. The number of hydrogen-bond acceptors (Lipinski definition) is 5. The maximum Gasteiger partial charge on any atom is 0.368 e. The van der Waals surface area contributed by atoms with Gasteiger partial charge in [-0.1, -0.05) is 12.1 Å². The maximum absolute atomic E-state index is 12.3. The Labute approximate surface area is 156 Å². The van der Waals surface area contributed by atoms with Crippen LogP contribution in [0.2, 0.25) is 0 Å². The molecule has 6 nitrogen and oxygen atoms in total. The highest BCUT2D eigenvalue weighted by molar-refractivity contribution is 7.98. The lowest BCUT2D eigenvalue weighted by Crippen LogP contribution is -2.23. The predicted octanol–water partition coefficient (Wildman–Crippen LogP) is 3.19. The summed E-state index contributed by atoms with van der Waals surface area (Å²) in [6.45, 7) is 6.55. The van der Waals surface area contributed by atoms with Crippen molar-refractivity contribution in [1.29, 1.82) is 0 Å². The monoisotopic (exact) mass is 370 g/mol. The number of aromatic nitrogens is 4. The van der Waals surface area contributed by atoms with Crippen LogP contribution in [0.25, 0.3) is 5.69 Å². The fraction of sp³-hybridized carbons (Fsp3) is 0.316. The Balaban J connectivity index is 2.01. The van der Waals surface area contributed by atoms with Gasteiger partial charge in [-0.15, -0.1) is 11.8 Å². The normalized spacial score (nSPS) is 11.0. The minimum absolute atomic E-state index is 0.285. The second-order valence-electron chi connectivity index (χ2n) is 6.25. The number of aryl methyl sites for hydroxylation is 4. The number of hydrogen-bond donors (Lipinski definition) is 0. The lowest BCUT2D eigenvalue weighted by atomic mass is 10.1. The SMILES string of the molecule is CSc1cccc(-n2nnn(C)c2=O)c1COc1cc(C)c(C)cc1C. The lowest BCUT2D eigenvalue weighted by molar-refractivity contribution is 0.300. The van der Waals surface area contributed by atoms with E-state index in [1.54, 1.807) is 18.8 Å². The Morgan fingerprint density at radius 3 is 2.46 bits per heavy atom. The Kier molecular flexibility index (Phi) is 5.18. The Bertz CT molecular complexity index is 1010. The third kappa shape index (κ3) is 3.39. The highest BCUT2D eigenvalue weighted by atomic mass is 32.2. The van der Waals surface area contributed by atoms with Crippen LogP contribution in [0.15, 0.2) is 40.0 Å². The van der Waals surface area contributed by atoms with Crippen molar-refractivity contribution in [3.05, 3.63) is 63.1 Å². The minimum atomic E-state index is -0.285. The summed E-state index contributed by atoms with van der Waals surface area (Å²) in [6, 6.07) is 9.97. The average Bonchev–Trinajstić information content (AvgIpc) is 2.95. The first-order valence-corrected chi connectivity index (χ1v) is 9.50. The molecule has 26 heavy (non-hydrogen) atoms. The van der Waals surface area contributed by atoms with Crippen molar-refractivity contribution in [2.45, 2.75) is 32.3 Å². The van der Waals surface area contributed by atoms with Gasteiger partial charge in [0.15, 0.2) is 0 Å². The van der Waals surface area contributed by atoms with Crippen LogP contribution in [0.1, 0.15) is 22.3 Å². The second-order valence-corrected chi connectivity index (χ2v) is 7.09. The third-order valence-corrected chi connectivity index (χ3v) is 5.26. The van der Waals surface area contributed by atoms with Gasteiger partial charge >= 0.3 is 5.69 Å². The largest absolute Gasteiger partial charge is 0.489 e. The van der Waals surface area contributed by atoms with Crippen molar-refractivity contribution in [1.82, 2.24) is 19.8 Å². The van der Waals surface area contributed by atoms with Crippen LogP contribution < -0.4 is 10.4 Å². The number of ether oxygens (including phenoxy) is 1. The molecule has 3 aromatic rings. The predicted molar refractivity (Wildman–Crippen MR) is 103 cm³/mol. The fourth-order valence-electron chi connectivity index (χ4n) is 2.79. The number of benzene rings is 2. The summed E-state index contributed by atoms with van der Waals surface area (Å²) >= 11 is 1.61. The molecule has 0 spiro atoms. The maximum atomic E-state index is 12.3. The molecule has 0 aliphatic heterocycles. The molecule has 1 heterocycles. The van der Waals surface area contributed by atoms with Gasteiger partial charge in [-0.2, -0.15) is 9.36 Å². The van der Waals surface area contributed by atoms with Gasteiger partial charge in [0, 0.05) is 17.5 Å². The van der Waals surface area contributed by atoms with Gasteiger partial charge in [0.25, 0.3) is 0 Å². The van der Waals surface area contributed by atoms with Crippen LogP contribution in [0, 0.1) is 20.8 Å². The van der Waals surface area contributed by atoms with Gasteiger partial charge in [-0.3, -0.25) is 0 Å². The van der Waals surface area contributed by atoms with Crippen LogP contribution in [-0.2, 0) is 13.7 Å². The van der Waals surface area contributed by atoms with E-state index in [4.69, 9.17) is 4.74 Å². The van der Waals surface area contributed by atoms with Crippen molar-refractivity contribution in [3.63, 3.8) is 0 Å². The molecular weight excluding hydrogens is 348 g/mol. The van der Waals surface area contributed by atoms with Gasteiger partial charge in [0.1, 0.15) is 12.4 Å². The molecule has 0 N–H and O–H groups in total. The highest BCUT2D eigenvalue weighted by Crippen LogP contribution is 2.28. The molecule has 0 saturated carbocycles. The summed E-state index contributed by atoms with van der Waals surface area (Å²) in [6.07, 6.45) is 2.00. The Hall–Kier alpha value is -2.54. The van der Waals surface area contributed by atoms with E-state index < -0.39 is 0 Å². The molecule has 136 valence electrons. The summed E-state index contributed by atoms with van der Waals surface area (Å²) in [5, 5.41) is 7.78. The van der Waals surface area contributed by atoms with E-state index in [9.17, 15) is 4.79 Å². The molecule has 0 bridgehead atoms. The molecule has 0 aliphatic rings. The van der Waals surface area contributed by atoms with Crippen molar-refractivity contribution >= 4 is 11.8 Å². The number of thioether (sulfide) groups is 1. The van der Waals surface area contributed by atoms with Crippen LogP contribution in [-0.4, -0.2) is 26.0 Å². The van der Waals surface area contributed by atoms with Crippen LogP contribution >= 0.6 is 11.8 Å². The number of tetrazole rings is 1. The van der Waals surface area contributed by atoms with Crippen LogP contribution in [0.5, 0.6) is 5.75 Å². The number of nitrogens with zero attached hydrogens (tertiary/aromatic N) is 4. The molecule has 0 radical (unpaired) electrons. The van der Waals surface area contributed by atoms with Gasteiger partial charge < -0.3 is 4.74 Å².